The molecule has 0 saturated heterocycles. The molecule has 1 N–H and O–H groups in total. The molecule has 1 aromatic heterocycles. The molecule has 0 aliphatic heterocycles. The second-order valence-electron chi connectivity index (χ2n) is 5.39. The summed E-state index contributed by atoms with van der Waals surface area (Å²) in [5.41, 5.74) is 0.0484. The SMILES string of the molecule is O=C(O)c1coc(C2C3C4CCC(C4)C23)n1. The van der Waals surface area contributed by atoms with Crippen LogP contribution in [-0.2, 0) is 0 Å². The van der Waals surface area contributed by atoms with Crippen LogP contribution in [0.15, 0.2) is 10.7 Å². The highest BCUT2D eigenvalue weighted by atomic mass is 16.4. The second-order valence-corrected chi connectivity index (χ2v) is 5.39. The average molecular weight is 219 g/mol. The van der Waals surface area contributed by atoms with E-state index in [4.69, 9.17) is 9.52 Å². The lowest BCUT2D eigenvalue weighted by Crippen LogP contribution is -2.00. The highest BCUT2D eigenvalue weighted by Crippen LogP contribution is 2.72. The normalized spacial score (nSPS) is 43.4. The molecule has 3 aliphatic rings. The van der Waals surface area contributed by atoms with E-state index in [0.29, 0.717) is 11.8 Å². The van der Waals surface area contributed by atoms with E-state index < -0.39 is 5.97 Å². The van der Waals surface area contributed by atoms with Crippen molar-refractivity contribution < 1.29 is 14.3 Å². The van der Waals surface area contributed by atoms with Gasteiger partial charge >= 0.3 is 5.97 Å². The van der Waals surface area contributed by atoms with Gasteiger partial charge in [-0.05, 0) is 42.9 Å². The van der Waals surface area contributed by atoms with Crippen molar-refractivity contribution in [2.24, 2.45) is 23.7 Å². The van der Waals surface area contributed by atoms with Gasteiger partial charge in [-0.1, -0.05) is 0 Å². The number of carboxylic acids is 1. The zero-order chi connectivity index (χ0) is 10.9. The van der Waals surface area contributed by atoms with Gasteiger partial charge in [0.2, 0.25) is 0 Å². The Morgan fingerprint density at radius 2 is 2.06 bits per heavy atom. The zero-order valence-corrected chi connectivity index (χ0v) is 8.80. The second kappa shape index (κ2) is 2.67. The molecule has 4 atom stereocenters. The zero-order valence-electron chi connectivity index (χ0n) is 8.80. The van der Waals surface area contributed by atoms with Crippen molar-refractivity contribution in [2.45, 2.75) is 25.2 Å². The van der Waals surface area contributed by atoms with Gasteiger partial charge in [-0.15, -0.1) is 0 Å². The molecule has 4 rings (SSSR count). The average Bonchev–Trinajstić information content (AvgIpc) is 2.74. The quantitative estimate of drug-likeness (QED) is 0.827. The number of carbonyl (C=O) groups is 1. The number of hydrogen-bond acceptors (Lipinski definition) is 3. The Balaban J connectivity index is 1.62. The highest BCUT2D eigenvalue weighted by molar-refractivity contribution is 5.84. The summed E-state index contributed by atoms with van der Waals surface area (Å²) in [5, 5.41) is 8.80. The van der Waals surface area contributed by atoms with Crippen LogP contribution in [0.5, 0.6) is 0 Å². The van der Waals surface area contributed by atoms with Gasteiger partial charge in [0, 0.05) is 5.92 Å². The van der Waals surface area contributed by atoms with Crippen LogP contribution < -0.4 is 0 Å². The molecule has 0 aromatic carbocycles. The van der Waals surface area contributed by atoms with Gasteiger partial charge in [0.25, 0.3) is 0 Å². The van der Waals surface area contributed by atoms with E-state index in [1.807, 2.05) is 0 Å². The van der Waals surface area contributed by atoms with Crippen molar-refractivity contribution in [3.63, 3.8) is 0 Å². The van der Waals surface area contributed by atoms with Crippen molar-refractivity contribution in [3.05, 3.63) is 17.8 Å². The van der Waals surface area contributed by atoms with Crippen LogP contribution in [0.25, 0.3) is 0 Å². The van der Waals surface area contributed by atoms with Crippen LogP contribution in [0.4, 0.5) is 0 Å². The molecule has 84 valence electrons. The van der Waals surface area contributed by atoms with Crippen molar-refractivity contribution in [3.8, 4) is 0 Å². The van der Waals surface area contributed by atoms with Gasteiger partial charge in [0.1, 0.15) is 6.26 Å². The molecule has 1 aromatic rings. The van der Waals surface area contributed by atoms with Gasteiger partial charge < -0.3 is 9.52 Å². The number of aromatic carboxylic acids is 1. The number of nitrogens with zero attached hydrogens (tertiary/aromatic N) is 1. The molecule has 0 radical (unpaired) electrons. The fourth-order valence-electron chi connectivity index (χ4n) is 4.19. The van der Waals surface area contributed by atoms with Crippen molar-refractivity contribution in [1.82, 2.24) is 4.98 Å². The number of oxazole rings is 1. The smallest absolute Gasteiger partial charge is 0.357 e. The fourth-order valence-corrected chi connectivity index (χ4v) is 4.19. The van der Waals surface area contributed by atoms with Crippen LogP contribution in [0.1, 0.15) is 41.6 Å². The Hall–Kier alpha value is -1.32. The van der Waals surface area contributed by atoms with Crippen molar-refractivity contribution in [2.75, 3.05) is 0 Å². The molecular weight excluding hydrogens is 206 g/mol. The van der Waals surface area contributed by atoms with Crippen LogP contribution in [0.3, 0.4) is 0 Å². The predicted octanol–water partition coefficient (Wildman–Crippen LogP) is 2.13. The molecular formula is C12H13NO3. The molecule has 0 spiro atoms. The summed E-state index contributed by atoms with van der Waals surface area (Å²) >= 11 is 0. The summed E-state index contributed by atoms with van der Waals surface area (Å²) in [6.07, 6.45) is 5.37. The number of aromatic nitrogens is 1. The van der Waals surface area contributed by atoms with E-state index in [9.17, 15) is 4.79 Å². The molecule has 1 heterocycles. The Morgan fingerprint density at radius 1 is 1.38 bits per heavy atom. The molecule has 16 heavy (non-hydrogen) atoms. The molecule has 0 amide bonds. The molecule has 4 heteroatoms. The summed E-state index contributed by atoms with van der Waals surface area (Å²) in [5.74, 6) is 3.32. The Bertz CT molecular complexity index is 451. The third kappa shape index (κ3) is 0.950. The van der Waals surface area contributed by atoms with E-state index >= 15 is 0 Å². The molecule has 4 nitrogen and oxygen atoms in total. The number of rotatable bonds is 2. The molecule has 3 fully saturated rings. The van der Waals surface area contributed by atoms with Crippen molar-refractivity contribution in [1.29, 1.82) is 0 Å². The largest absolute Gasteiger partial charge is 0.476 e. The van der Waals surface area contributed by atoms with Gasteiger partial charge in [0.05, 0.1) is 0 Å². The predicted molar refractivity (Wildman–Crippen MR) is 54.0 cm³/mol. The fraction of sp³-hybridized carbons (Fsp3) is 0.667. The summed E-state index contributed by atoms with van der Waals surface area (Å²) in [6, 6.07) is 0. The van der Waals surface area contributed by atoms with E-state index in [-0.39, 0.29) is 5.69 Å². The Kier molecular flexibility index (Phi) is 1.47. The first-order chi connectivity index (χ1) is 7.75. The summed E-state index contributed by atoms with van der Waals surface area (Å²) in [4.78, 5) is 14.8. The lowest BCUT2D eigenvalue weighted by Gasteiger charge is -2.04. The first kappa shape index (κ1) is 8.79. The standard InChI is InChI=1S/C12H13NO3/c14-12(15)7-4-16-11(13-7)10-8-5-1-2-6(3-5)9(8)10/h4-6,8-10H,1-3H2,(H,14,15). The first-order valence-electron chi connectivity index (χ1n) is 5.94. The van der Waals surface area contributed by atoms with Gasteiger partial charge in [-0.3, -0.25) is 0 Å². The van der Waals surface area contributed by atoms with Crippen LogP contribution in [0, 0.1) is 23.7 Å². The van der Waals surface area contributed by atoms with Crippen LogP contribution in [0.2, 0.25) is 0 Å². The summed E-state index contributed by atoms with van der Waals surface area (Å²) in [7, 11) is 0. The minimum atomic E-state index is -0.996. The minimum Gasteiger partial charge on any atom is -0.476 e. The van der Waals surface area contributed by atoms with Gasteiger partial charge in [0.15, 0.2) is 11.6 Å². The van der Waals surface area contributed by atoms with Crippen molar-refractivity contribution >= 4 is 5.97 Å². The van der Waals surface area contributed by atoms with E-state index in [1.165, 1.54) is 25.5 Å². The summed E-state index contributed by atoms with van der Waals surface area (Å²) in [6.45, 7) is 0. The summed E-state index contributed by atoms with van der Waals surface area (Å²) < 4.78 is 5.32. The molecule has 3 saturated carbocycles. The first-order valence-corrected chi connectivity index (χ1v) is 5.94. The third-order valence-electron chi connectivity index (χ3n) is 4.76. The Morgan fingerprint density at radius 3 is 2.62 bits per heavy atom. The maximum atomic E-state index is 10.7. The lowest BCUT2D eigenvalue weighted by molar-refractivity contribution is 0.0690. The Labute approximate surface area is 92.7 Å². The highest BCUT2D eigenvalue weighted by Gasteiger charge is 2.67. The third-order valence-corrected chi connectivity index (χ3v) is 4.76. The molecule has 2 bridgehead atoms. The van der Waals surface area contributed by atoms with E-state index in [2.05, 4.69) is 4.98 Å². The lowest BCUT2D eigenvalue weighted by atomic mass is 10.0. The van der Waals surface area contributed by atoms with Crippen LogP contribution >= 0.6 is 0 Å². The number of fused-ring (bicyclic) bond motifs is 5. The minimum absolute atomic E-state index is 0.0484. The number of hydrogen-bond donors (Lipinski definition) is 1. The maximum Gasteiger partial charge on any atom is 0.357 e. The monoisotopic (exact) mass is 219 g/mol. The van der Waals surface area contributed by atoms with Gasteiger partial charge in [-0.25, -0.2) is 9.78 Å². The van der Waals surface area contributed by atoms with Crippen LogP contribution in [-0.4, -0.2) is 16.1 Å². The molecule has 3 aliphatic carbocycles. The molecule has 4 unspecified atom stereocenters. The van der Waals surface area contributed by atoms with E-state index in [0.717, 1.165) is 23.7 Å². The van der Waals surface area contributed by atoms with Gasteiger partial charge in [-0.2, -0.15) is 0 Å². The topological polar surface area (TPSA) is 63.3 Å². The maximum absolute atomic E-state index is 10.7. The number of carboxylic acid groups (broad SMARTS) is 1. The van der Waals surface area contributed by atoms with E-state index in [1.54, 1.807) is 0 Å².